The third-order valence-corrected chi connectivity index (χ3v) is 2.72. The monoisotopic (exact) mass is 164 g/mol. The van der Waals surface area contributed by atoms with Gasteiger partial charge in [-0.1, -0.05) is 13.0 Å². The zero-order chi connectivity index (χ0) is 8.10. The van der Waals surface area contributed by atoms with Crippen LogP contribution in [0.4, 0.5) is 0 Å². The van der Waals surface area contributed by atoms with Gasteiger partial charge in [0.2, 0.25) is 0 Å². The maximum atomic E-state index is 3.09. The molecule has 0 aliphatic heterocycles. The summed E-state index contributed by atoms with van der Waals surface area (Å²) in [7, 11) is 0. The van der Waals surface area contributed by atoms with Crippen molar-refractivity contribution < 1.29 is 0 Å². The van der Waals surface area contributed by atoms with Crippen molar-refractivity contribution in [2.24, 2.45) is 0 Å². The first-order chi connectivity index (χ1) is 5.34. The molecule has 0 radical (unpaired) electrons. The summed E-state index contributed by atoms with van der Waals surface area (Å²) in [5.74, 6) is 6.61. The number of hydrogen-bond acceptors (Lipinski definition) is 1. The first-order valence-electron chi connectivity index (χ1n) is 3.77. The third-order valence-electron chi connectivity index (χ3n) is 1.61. The van der Waals surface area contributed by atoms with Crippen LogP contribution in [0.15, 0.2) is 17.5 Å². The largest absolute Gasteiger partial charge is 0.149 e. The van der Waals surface area contributed by atoms with E-state index in [2.05, 4.69) is 36.3 Å². The van der Waals surface area contributed by atoms with E-state index >= 15 is 0 Å². The first kappa shape index (κ1) is 8.36. The van der Waals surface area contributed by atoms with Gasteiger partial charge in [-0.2, -0.15) is 0 Å². The number of hydrogen-bond donors (Lipinski definition) is 0. The SMILES string of the molecule is CC#CCC(C)c1cccs1. The highest BCUT2D eigenvalue weighted by Gasteiger charge is 2.02. The molecule has 0 nitrogen and oxygen atoms in total. The normalized spacial score (nSPS) is 11.8. The third kappa shape index (κ3) is 2.40. The van der Waals surface area contributed by atoms with E-state index in [4.69, 9.17) is 0 Å². The second-order valence-corrected chi connectivity index (χ2v) is 3.53. The second kappa shape index (κ2) is 4.20. The van der Waals surface area contributed by atoms with E-state index in [9.17, 15) is 0 Å². The van der Waals surface area contributed by atoms with Crippen molar-refractivity contribution in [3.05, 3.63) is 22.4 Å². The predicted octanol–water partition coefficient (Wildman–Crippen LogP) is 3.27. The summed E-state index contributed by atoms with van der Waals surface area (Å²) in [5.41, 5.74) is 0. The molecule has 0 N–H and O–H groups in total. The topological polar surface area (TPSA) is 0 Å². The lowest BCUT2D eigenvalue weighted by Gasteiger charge is -2.02. The molecule has 0 saturated heterocycles. The van der Waals surface area contributed by atoms with Gasteiger partial charge in [-0.3, -0.25) is 0 Å². The van der Waals surface area contributed by atoms with Gasteiger partial charge in [-0.25, -0.2) is 0 Å². The van der Waals surface area contributed by atoms with Crippen molar-refractivity contribution in [2.75, 3.05) is 0 Å². The lowest BCUT2D eigenvalue weighted by molar-refractivity contribution is 0.814. The van der Waals surface area contributed by atoms with Crippen LogP contribution in [0.2, 0.25) is 0 Å². The fourth-order valence-electron chi connectivity index (χ4n) is 0.927. The van der Waals surface area contributed by atoms with Gasteiger partial charge in [0, 0.05) is 17.2 Å². The molecular weight excluding hydrogens is 152 g/mol. The van der Waals surface area contributed by atoms with Crippen molar-refractivity contribution in [2.45, 2.75) is 26.2 Å². The maximum Gasteiger partial charge on any atom is 0.0163 e. The standard InChI is InChI=1S/C10H12S/c1-3-4-6-9(2)10-7-5-8-11-10/h5,7-9H,6H2,1-2H3. The zero-order valence-electron chi connectivity index (χ0n) is 6.92. The first-order valence-corrected chi connectivity index (χ1v) is 4.65. The van der Waals surface area contributed by atoms with Crippen molar-refractivity contribution in [3.8, 4) is 11.8 Å². The van der Waals surface area contributed by atoms with E-state index in [1.807, 2.05) is 18.3 Å². The molecular formula is C10H12S. The van der Waals surface area contributed by atoms with Gasteiger partial charge in [-0.05, 0) is 18.4 Å². The van der Waals surface area contributed by atoms with E-state index in [-0.39, 0.29) is 0 Å². The summed E-state index contributed by atoms with van der Waals surface area (Å²) in [4.78, 5) is 1.44. The maximum absolute atomic E-state index is 3.09. The minimum Gasteiger partial charge on any atom is -0.149 e. The number of thiophene rings is 1. The van der Waals surface area contributed by atoms with Crippen LogP contribution in [-0.4, -0.2) is 0 Å². The smallest absolute Gasteiger partial charge is 0.0163 e. The Hall–Kier alpha value is -0.740. The lowest BCUT2D eigenvalue weighted by Crippen LogP contribution is -1.86. The predicted molar refractivity (Wildman–Crippen MR) is 50.8 cm³/mol. The summed E-state index contributed by atoms with van der Waals surface area (Å²) in [5, 5.41) is 2.12. The minimum absolute atomic E-state index is 0.599. The van der Waals surface area contributed by atoms with E-state index in [1.54, 1.807) is 0 Å². The molecule has 11 heavy (non-hydrogen) atoms. The lowest BCUT2D eigenvalue weighted by atomic mass is 10.1. The average Bonchev–Trinajstić information content (AvgIpc) is 2.52. The minimum atomic E-state index is 0.599. The molecule has 0 saturated carbocycles. The molecule has 1 atom stereocenters. The summed E-state index contributed by atoms with van der Waals surface area (Å²) in [6, 6.07) is 4.27. The van der Waals surface area contributed by atoms with Crippen LogP contribution in [0.3, 0.4) is 0 Å². The Balaban J connectivity index is 2.53. The molecule has 58 valence electrons. The fraction of sp³-hybridized carbons (Fsp3) is 0.400. The molecule has 0 aliphatic carbocycles. The van der Waals surface area contributed by atoms with Crippen LogP contribution in [0.1, 0.15) is 31.1 Å². The number of rotatable bonds is 2. The Kier molecular flexibility index (Phi) is 3.19. The summed E-state index contributed by atoms with van der Waals surface area (Å²) in [6.07, 6.45) is 0.983. The Morgan fingerprint density at radius 1 is 1.64 bits per heavy atom. The highest BCUT2D eigenvalue weighted by Crippen LogP contribution is 2.22. The van der Waals surface area contributed by atoms with Gasteiger partial charge < -0.3 is 0 Å². The summed E-state index contributed by atoms with van der Waals surface area (Å²) in [6.45, 7) is 4.11. The molecule has 1 aromatic rings. The van der Waals surface area contributed by atoms with Crippen LogP contribution in [0.25, 0.3) is 0 Å². The molecule has 0 aromatic carbocycles. The van der Waals surface area contributed by atoms with Crippen LogP contribution >= 0.6 is 11.3 Å². The van der Waals surface area contributed by atoms with Gasteiger partial charge >= 0.3 is 0 Å². The van der Waals surface area contributed by atoms with Crippen LogP contribution in [-0.2, 0) is 0 Å². The van der Waals surface area contributed by atoms with E-state index in [0.717, 1.165) is 6.42 Å². The highest BCUT2D eigenvalue weighted by molar-refractivity contribution is 7.10. The zero-order valence-corrected chi connectivity index (χ0v) is 7.74. The van der Waals surface area contributed by atoms with Crippen LogP contribution in [0, 0.1) is 11.8 Å². The van der Waals surface area contributed by atoms with Gasteiger partial charge in [0.15, 0.2) is 0 Å². The molecule has 1 heterocycles. The van der Waals surface area contributed by atoms with Crippen molar-refractivity contribution in [3.63, 3.8) is 0 Å². The van der Waals surface area contributed by atoms with Crippen molar-refractivity contribution in [1.82, 2.24) is 0 Å². The molecule has 0 bridgehead atoms. The van der Waals surface area contributed by atoms with Crippen molar-refractivity contribution in [1.29, 1.82) is 0 Å². The van der Waals surface area contributed by atoms with E-state index in [1.165, 1.54) is 4.88 Å². The Labute approximate surface area is 72.3 Å². The Morgan fingerprint density at radius 3 is 3.00 bits per heavy atom. The molecule has 0 fully saturated rings. The molecule has 1 unspecified atom stereocenters. The van der Waals surface area contributed by atoms with E-state index in [0.29, 0.717) is 5.92 Å². The Bertz CT molecular complexity index is 248. The quantitative estimate of drug-likeness (QED) is 0.588. The van der Waals surface area contributed by atoms with Crippen LogP contribution in [0.5, 0.6) is 0 Å². The van der Waals surface area contributed by atoms with Gasteiger partial charge in [-0.15, -0.1) is 23.2 Å². The average molecular weight is 164 g/mol. The van der Waals surface area contributed by atoms with Gasteiger partial charge in [0.25, 0.3) is 0 Å². The van der Waals surface area contributed by atoms with Gasteiger partial charge in [0.1, 0.15) is 0 Å². The summed E-state index contributed by atoms with van der Waals surface area (Å²) >= 11 is 1.81. The molecule has 1 heteroatoms. The van der Waals surface area contributed by atoms with Crippen molar-refractivity contribution >= 4 is 11.3 Å². The molecule has 0 aliphatic rings. The molecule has 1 aromatic heterocycles. The van der Waals surface area contributed by atoms with Gasteiger partial charge in [0.05, 0.1) is 0 Å². The molecule has 0 amide bonds. The molecule has 0 spiro atoms. The van der Waals surface area contributed by atoms with Crippen LogP contribution < -0.4 is 0 Å². The summed E-state index contributed by atoms with van der Waals surface area (Å²) < 4.78 is 0. The molecule has 1 rings (SSSR count). The Morgan fingerprint density at radius 2 is 2.45 bits per heavy atom. The van der Waals surface area contributed by atoms with E-state index < -0.39 is 0 Å². The highest BCUT2D eigenvalue weighted by atomic mass is 32.1. The fourth-order valence-corrected chi connectivity index (χ4v) is 1.71. The second-order valence-electron chi connectivity index (χ2n) is 2.55.